The molecule has 2 aliphatic heterocycles. The number of allylic oxidation sites excluding steroid dienone is 1. The monoisotopic (exact) mass is 522 g/mol. The number of aromatic nitrogens is 1. The molecule has 1 aromatic heterocycles. The molecule has 0 spiro atoms. The molecule has 1 atom stereocenters. The van der Waals surface area contributed by atoms with Crippen molar-refractivity contribution < 1.29 is 23.8 Å². The maximum absolute atomic E-state index is 13.1. The van der Waals surface area contributed by atoms with Crippen LogP contribution in [0.5, 0.6) is 11.5 Å². The second kappa shape index (κ2) is 12.0. The van der Waals surface area contributed by atoms with Crippen LogP contribution in [0.3, 0.4) is 0 Å². The highest BCUT2D eigenvalue weighted by molar-refractivity contribution is 8.16. The number of esters is 1. The number of ether oxygens (including phenoxy) is 3. The Labute approximate surface area is 220 Å². The van der Waals surface area contributed by atoms with Crippen molar-refractivity contribution in [2.24, 2.45) is 4.99 Å². The van der Waals surface area contributed by atoms with Gasteiger partial charge in [-0.25, -0.2) is 9.79 Å². The SMILES string of the molecule is CCC1=C(C(=O)OC)[C@@H](c2cccc(OC)c2OC)N2C(CC(=O)NCCc3ccccn3)=CSC2=N1. The number of fused-ring (bicyclic) bond motifs is 1. The van der Waals surface area contributed by atoms with Gasteiger partial charge in [0.2, 0.25) is 5.91 Å². The summed E-state index contributed by atoms with van der Waals surface area (Å²) in [6, 6.07) is 10.6. The molecule has 3 heterocycles. The minimum atomic E-state index is -0.609. The Morgan fingerprint density at radius 2 is 1.95 bits per heavy atom. The molecule has 9 nitrogen and oxygen atoms in total. The van der Waals surface area contributed by atoms with Gasteiger partial charge < -0.3 is 24.4 Å². The molecule has 4 rings (SSSR count). The van der Waals surface area contributed by atoms with E-state index in [1.54, 1.807) is 26.5 Å². The van der Waals surface area contributed by atoms with E-state index in [-0.39, 0.29) is 12.3 Å². The molecule has 2 aliphatic rings. The van der Waals surface area contributed by atoms with Crippen molar-refractivity contribution in [1.82, 2.24) is 15.2 Å². The Morgan fingerprint density at radius 1 is 1.11 bits per heavy atom. The molecule has 1 amide bonds. The van der Waals surface area contributed by atoms with Crippen molar-refractivity contribution in [2.45, 2.75) is 32.2 Å². The summed E-state index contributed by atoms with van der Waals surface area (Å²) in [7, 11) is 4.48. The number of rotatable bonds is 10. The topological polar surface area (TPSA) is 102 Å². The van der Waals surface area contributed by atoms with Gasteiger partial charge in [0.05, 0.1) is 45.1 Å². The first-order valence-corrected chi connectivity index (χ1v) is 12.8. The molecule has 194 valence electrons. The van der Waals surface area contributed by atoms with Gasteiger partial charge >= 0.3 is 5.97 Å². The third kappa shape index (κ3) is 5.48. The molecule has 0 unspecified atom stereocenters. The van der Waals surface area contributed by atoms with Crippen LogP contribution < -0.4 is 14.8 Å². The average molecular weight is 523 g/mol. The molecular formula is C27H30N4O5S. The first-order chi connectivity index (χ1) is 18.0. The second-order valence-electron chi connectivity index (χ2n) is 8.28. The molecule has 1 aromatic carbocycles. The van der Waals surface area contributed by atoms with Gasteiger partial charge in [-0.15, -0.1) is 0 Å². The van der Waals surface area contributed by atoms with Crippen LogP contribution in [0.2, 0.25) is 0 Å². The van der Waals surface area contributed by atoms with Gasteiger partial charge in [0.15, 0.2) is 16.7 Å². The zero-order chi connectivity index (χ0) is 26.4. The fourth-order valence-electron chi connectivity index (χ4n) is 4.44. The van der Waals surface area contributed by atoms with E-state index in [0.717, 1.165) is 11.4 Å². The highest BCUT2D eigenvalue weighted by Crippen LogP contribution is 2.49. The van der Waals surface area contributed by atoms with Gasteiger partial charge in [-0.05, 0) is 30.0 Å². The van der Waals surface area contributed by atoms with E-state index in [0.29, 0.717) is 52.9 Å². The minimum absolute atomic E-state index is 0.118. The van der Waals surface area contributed by atoms with Crippen molar-refractivity contribution in [2.75, 3.05) is 27.9 Å². The lowest BCUT2D eigenvalue weighted by atomic mass is 9.92. The summed E-state index contributed by atoms with van der Waals surface area (Å²) in [5.74, 6) is 0.427. The largest absolute Gasteiger partial charge is 0.493 e. The van der Waals surface area contributed by atoms with Crippen molar-refractivity contribution in [3.63, 3.8) is 0 Å². The number of methoxy groups -OCH3 is 3. The number of nitrogens with one attached hydrogen (secondary N) is 1. The van der Waals surface area contributed by atoms with Crippen molar-refractivity contribution in [3.8, 4) is 11.5 Å². The quantitative estimate of drug-likeness (QED) is 0.468. The number of amides is 1. The molecule has 0 aliphatic carbocycles. The number of aliphatic imine (C=N–C) groups is 1. The first kappa shape index (κ1) is 26.3. The molecule has 0 saturated heterocycles. The molecule has 1 N–H and O–H groups in total. The zero-order valence-electron chi connectivity index (χ0n) is 21.3. The van der Waals surface area contributed by atoms with Gasteiger partial charge in [0.25, 0.3) is 0 Å². The third-order valence-electron chi connectivity index (χ3n) is 6.13. The van der Waals surface area contributed by atoms with Crippen LogP contribution in [0, 0.1) is 0 Å². The van der Waals surface area contributed by atoms with E-state index in [1.165, 1.54) is 18.9 Å². The standard InChI is InChI=1S/C27H30N4O5S/c1-5-20-23(26(33)36-4)24(19-10-8-11-21(34-2)25(19)35-3)31-18(16-37-27(31)30-20)15-22(32)29-14-12-17-9-6-7-13-28-17/h6-11,13,16,24H,5,12,14-15H2,1-4H3,(H,29,32)/t24-/m1/s1. The normalized spacial score (nSPS) is 16.5. The van der Waals surface area contributed by atoms with Gasteiger partial charge in [-0.1, -0.05) is 36.9 Å². The Hall–Kier alpha value is -3.79. The van der Waals surface area contributed by atoms with Crippen LogP contribution in [-0.2, 0) is 20.7 Å². The number of carbonyl (C=O) groups excluding carboxylic acids is 2. The van der Waals surface area contributed by atoms with E-state index in [9.17, 15) is 9.59 Å². The predicted octanol–water partition coefficient (Wildman–Crippen LogP) is 3.99. The fourth-order valence-corrected chi connectivity index (χ4v) is 5.37. The van der Waals surface area contributed by atoms with Crippen LogP contribution in [0.25, 0.3) is 0 Å². The summed E-state index contributed by atoms with van der Waals surface area (Å²) < 4.78 is 16.5. The number of pyridine rings is 1. The maximum atomic E-state index is 13.1. The third-order valence-corrected chi connectivity index (χ3v) is 7.02. The number of carbonyl (C=O) groups is 2. The minimum Gasteiger partial charge on any atom is -0.493 e. The molecule has 0 fully saturated rings. The lowest BCUT2D eigenvalue weighted by Gasteiger charge is -2.37. The molecule has 0 saturated carbocycles. The van der Waals surface area contributed by atoms with Crippen molar-refractivity contribution in [1.29, 1.82) is 0 Å². The van der Waals surface area contributed by atoms with E-state index < -0.39 is 12.0 Å². The van der Waals surface area contributed by atoms with Crippen LogP contribution in [0.1, 0.15) is 37.1 Å². The van der Waals surface area contributed by atoms with Gasteiger partial charge in [-0.2, -0.15) is 0 Å². The van der Waals surface area contributed by atoms with Crippen LogP contribution >= 0.6 is 11.8 Å². The van der Waals surface area contributed by atoms with Gasteiger partial charge in [-0.3, -0.25) is 9.78 Å². The highest BCUT2D eigenvalue weighted by atomic mass is 32.2. The molecule has 2 aromatic rings. The zero-order valence-corrected chi connectivity index (χ0v) is 22.1. The summed E-state index contributed by atoms with van der Waals surface area (Å²) in [6.45, 7) is 2.42. The molecule has 0 bridgehead atoms. The summed E-state index contributed by atoms with van der Waals surface area (Å²) in [6.07, 6.45) is 3.02. The van der Waals surface area contributed by atoms with E-state index in [2.05, 4.69) is 10.3 Å². The maximum Gasteiger partial charge on any atom is 0.338 e. The lowest BCUT2D eigenvalue weighted by Crippen LogP contribution is -2.38. The van der Waals surface area contributed by atoms with Gasteiger partial charge in [0.1, 0.15) is 0 Å². The molecule has 0 radical (unpaired) electrons. The number of hydrogen-bond donors (Lipinski definition) is 1. The van der Waals surface area contributed by atoms with E-state index in [1.807, 2.05) is 47.6 Å². The number of hydrogen-bond acceptors (Lipinski definition) is 9. The highest BCUT2D eigenvalue weighted by Gasteiger charge is 2.43. The Bertz CT molecular complexity index is 1260. The number of amidine groups is 1. The van der Waals surface area contributed by atoms with Crippen molar-refractivity contribution in [3.05, 3.63) is 76.2 Å². The van der Waals surface area contributed by atoms with E-state index in [4.69, 9.17) is 19.2 Å². The number of benzene rings is 1. The smallest absolute Gasteiger partial charge is 0.338 e. The molecular weight excluding hydrogens is 492 g/mol. The summed E-state index contributed by atoms with van der Waals surface area (Å²) in [4.78, 5) is 37.0. The van der Waals surface area contributed by atoms with E-state index >= 15 is 0 Å². The number of thioether (sulfide) groups is 1. The summed E-state index contributed by atoms with van der Waals surface area (Å²) in [5.41, 5.74) is 3.39. The average Bonchev–Trinajstić information content (AvgIpc) is 3.33. The van der Waals surface area contributed by atoms with Crippen LogP contribution in [-0.4, -0.2) is 54.8 Å². The molecule has 37 heavy (non-hydrogen) atoms. The van der Waals surface area contributed by atoms with Crippen LogP contribution in [0.4, 0.5) is 0 Å². The summed E-state index contributed by atoms with van der Waals surface area (Å²) in [5, 5.41) is 5.57. The Balaban J connectivity index is 1.65. The van der Waals surface area contributed by atoms with Crippen molar-refractivity contribution >= 4 is 28.8 Å². The summed E-state index contributed by atoms with van der Waals surface area (Å²) >= 11 is 1.42. The number of para-hydroxylation sites is 1. The predicted molar refractivity (Wildman–Crippen MR) is 142 cm³/mol. The van der Waals surface area contributed by atoms with Gasteiger partial charge in [0, 0.05) is 36.1 Å². The molecule has 10 heteroatoms. The lowest BCUT2D eigenvalue weighted by molar-refractivity contribution is -0.136. The Morgan fingerprint density at radius 3 is 2.62 bits per heavy atom. The Kier molecular flexibility index (Phi) is 8.50. The second-order valence-corrected chi connectivity index (χ2v) is 9.12. The first-order valence-electron chi connectivity index (χ1n) is 11.9. The van der Waals surface area contributed by atoms with Crippen LogP contribution in [0.15, 0.2) is 70.0 Å². The fraction of sp³-hybridized carbons (Fsp3) is 0.333. The number of nitrogens with zero attached hydrogens (tertiary/aromatic N) is 3.